The Bertz CT molecular complexity index is 563. The van der Waals surface area contributed by atoms with Crippen LogP contribution in [0.4, 0.5) is 0 Å². The van der Waals surface area contributed by atoms with Gasteiger partial charge in [0.25, 0.3) is 0 Å². The van der Waals surface area contributed by atoms with Crippen LogP contribution in [0, 0.1) is 5.92 Å². The minimum Gasteiger partial charge on any atom is -0.324 e. The van der Waals surface area contributed by atoms with Gasteiger partial charge in [-0.25, -0.2) is 0 Å². The fourth-order valence-electron chi connectivity index (χ4n) is 2.19. The molecule has 2 N–H and O–H groups in total. The van der Waals surface area contributed by atoms with Crippen LogP contribution in [0.3, 0.4) is 0 Å². The van der Waals surface area contributed by atoms with E-state index in [4.69, 9.17) is 17.3 Å². The van der Waals surface area contributed by atoms with E-state index in [1.165, 1.54) is 28.2 Å². The van der Waals surface area contributed by atoms with E-state index in [9.17, 15) is 0 Å². The van der Waals surface area contributed by atoms with E-state index in [2.05, 4.69) is 24.3 Å². The highest BCUT2D eigenvalue weighted by molar-refractivity contribution is 7.99. The SMILES string of the molecule is N[C@@H](c1ccccc1Sc1ccc(Cl)cc1)C1CC1. The Morgan fingerprint density at radius 3 is 2.42 bits per heavy atom. The molecule has 0 saturated heterocycles. The minimum atomic E-state index is 0.177. The molecule has 19 heavy (non-hydrogen) atoms. The summed E-state index contributed by atoms with van der Waals surface area (Å²) in [7, 11) is 0. The zero-order valence-electron chi connectivity index (χ0n) is 10.6. The van der Waals surface area contributed by atoms with Gasteiger partial charge >= 0.3 is 0 Å². The molecule has 1 aliphatic carbocycles. The number of halogens is 1. The molecule has 3 rings (SSSR count). The van der Waals surface area contributed by atoms with Gasteiger partial charge in [-0.05, 0) is 54.7 Å². The molecule has 2 aromatic rings. The molecule has 0 aliphatic heterocycles. The monoisotopic (exact) mass is 289 g/mol. The Morgan fingerprint density at radius 2 is 1.74 bits per heavy atom. The van der Waals surface area contributed by atoms with Gasteiger partial charge in [-0.15, -0.1) is 0 Å². The molecule has 2 aromatic carbocycles. The van der Waals surface area contributed by atoms with Crippen molar-refractivity contribution >= 4 is 23.4 Å². The van der Waals surface area contributed by atoms with Crippen molar-refractivity contribution in [3.05, 3.63) is 59.1 Å². The third-order valence-corrected chi connectivity index (χ3v) is 4.80. The fourth-order valence-corrected chi connectivity index (χ4v) is 3.31. The molecule has 0 spiro atoms. The lowest BCUT2D eigenvalue weighted by Gasteiger charge is -2.15. The van der Waals surface area contributed by atoms with Crippen LogP contribution in [0.5, 0.6) is 0 Å². The van der Waals surface area contributed by atoms with Crippen LogP contribution < -0.4 is 5.73 Å². The number of hydrogen-bond acceptors (Lipinski definition) is 2. The molecular weight excluding hydrogens is 274 g/mol. The first-order chi connectivity index (χ1) is 9.24. The maximum atomic E-state index is 6.34. The molecule has 1 saturated carbocycles. The topological polar surface area (TPSA) is 26.0 Å². The van der Waals surface area contributed by atoms with Crippen molar-refractivity contribution in [1.82, 2.24) is 0 Å². The van der Waals surface area contributed by atoms with Gasteiger partial charge in [0.1, 0.15) is 0 Å². The van der Waals surface area contributed by atoms with Crippen LogP contribution in [0.1, 0.15) is 24.4 Å². The highest BCUT2D eigenvalue weighted by Crippen LogP contribution is 2.43. The predicted octanol–water partition coefficient (Wildman–Crippen LogP) is 4.90. The van der Waals surface area contributed by atoms with Gasteiger partial charge in [0.2, 0.25) is 0 Å². The Labute approximate surface area is 123 Å². The van der Waals surface area contributed by atoms with Crippen molar-refractivity contribution in [2.45, 2.75) is 28.7 Å². The van der Waals surface area contributed by atoms with E-state index in [0.29, 0.717) is 5.92 Å². The predicted molar refractivity (Wildman–Crippen MR) is 81.7 cm³/mol. The lowest BCUT2D eigenvalue weighted by Crippen LogP contribution is -2.13. The maximum absolute atomic E-state index is 6.34. The van der Waals surface area contributed by atoms with Crippen LogP contribution in [-0.2, 0) is 0 Å². The van der Waals surface area contributed by atoms with Gasteiger partial charge in [0.05, 0.1) is 0 Å². The molecule has 0 unspecified atom stereocenters. The standard InChI is InChI=1S/C16H16ClNS/c17-12-7-9-13(10-8-12)19-15-4-2-1-3-14(15)16(18)11-5-6-11/h1-4,7-11,16H,5-6,18H2/t16-/m1/s1. The molecule has 0 bridgehead atoms. The summed E-state index contributed by atoms with van der Waals surface area (Å²) in [5, 5.41) is 0.771. The fraction of sp³-hybridized carbons (Fsp3) is 0.250. The van der Waals surface area contributed by atoms with E-state index < -0.39 is 0 Å². The zero-order chi connectivity index (χ0) is 13.2. The number of benzene rings is 2. The number of hydrogen-bond donors (Lipinski definition) is 1. The normalized spacial score (nSPS) is 16.3. The first-order valence-electron chi connectivity index (χ1n) is 6.52. The van der Waals surface area contributed by atoms with Gasteiger partial charge in [-0.1, -0.05) is 41.6 Å². The lowest BCUT2D eigenvalue weighted by molar-refractivity contribution is 0.623. The highest BCUT2D eigenvalue weighted by Gasteiger charge is 2.30. The third kappa shape index (κ3) is 3.14. The van der Waals surface area contributed by atoms with Gasteiger partial charge in [0.15, 0.2) is 0 Å². The second kappa shape index (κ2) is 5.58. The zero-order valence-corrected chi connectivity index (χ0v) is 12.1. The summed E-state index contributed by atoms with van der Waals surface area (Å²) in [6, 6.07) is 16.6. The van der Waals surface area contributed by atoms with Crippen LogP contribution in [0.2, 0.25) is 5.02 Å². The highest BCUT2D eigenvalue weighted by atomic mass is 35.5. The molecule has 0 amide bonds. The van der Waals surface area contributed by atoms with Crippen molar-refractivity contribution < 1.29 is 0 Å². The van der Waals surface area contributed by atoms with Crippen molar-refractivity contribution in [1.29, 1.82) is 0 Å². The van der Waals surface area contributed by atoms with Crippen molar-refractivity contribution in [3.63, 3.8) is 0 Å². The lowest BCUT2D eigenvalue weighted by atomic mass is 10.0. The molecule has 1 fully saturated rings. The van der Waals surface area contributed by atoms with E-state index in [1.54, 1.807) is 11.8 Å². The summed E-state index contributed by atoms with van der Waals surface area (Å²) in [5.74, 6) is 0.673. The molecule has 1 nitrogen and oxygen atoms in total. The molecule has 1 atom stereocenters. The Kier molecular flexibility index (Phi) is 3.83. The Morgan fingerprint density at radius 1 is 1.05 bits per heavy atom. The average Bonchev–Trinajstić information content (AvgIpc) is 3.26. The summed E-state index contributed by atoms with van der Waals surface area (Å²) in [6.07, 6.45) is 2.53. The summed E-state index contributed by atoms with van der Waals surface area (Å²) < 4.78 is 0. The third-order valence-electron chi connectivity index (χ3n) is 3.45. The molecule has 0 aromatic heterocycles. The second-order valence-electron chi connectivity index (χ2n) is 4.96. The van der Waals surface area contributed by atoms with Crippen molar-refractivity contribution in [2.24, 2.45) is 11.7 Å². The molecule has 1 aliphatic rings. The van der Waals surface area contributed by atoms with Gasteiger partial charge in [0, 0.05) is 20.9 Å². The van der Waals surface area contributed by atoms with Gasteiger partial charge in [-0.3, -0.25) is 0 Å². The van der Waals surface area contributed by atoms with Crippen molar-refractivity contribution in [3.8, 4) is 0 Å². The first kappa shape index (κ1) is 13.0. The molecule has 0 radical (unpaired) electrons. The van der Waals surface area contributed by atoms with Crippen LogP contribution in [0.25, 0.3) is 0 Å². The molecular formula is C16H16ClNS. The van der Waals surface area contributed by atoms with E-state index in [0.717, 1.165) is 5.02 Å². The largest absolute Gasteiger partial charge is 0.324 e. The van der Waals surface area contributed by atoms with Crippen LogP contribution in [-0.4, -0.2) is 0 Å². The van der Waals surface area contributed by atoms with E-state index in [1.807, 2.05) is 24.3 Å². The Balaban J connectivity index is 1.85. The number of nitrogens with two attached hydrogens (primary N) is 1. The smallest absolute Gasteiger partial charge is 0.0406 e. The Hall–Kier alpha value is -0.960. The molecule has 98 valence electrons. The maximum Gasteiger partial charge on any atom is 0.0406 e. The summed E-state index contributed by atoms with van der Waals surface area (Å²) in [5.41, 5.74) is 7.61. The van der Waals surface area contributed by atoms with Gasteiger partial charge in [-0.2, -0.15) is 0 Å². The van der Waals surface area contributed by atoms with Crippen molar-refractivity contribution in [2.75, 3.05) is 0 Å². The quantitative estimate of drug-likeness (QED) is 0.866. The first-order valence-corrected chi connectivity index (χ1v) is 7.71. The van der Waals surface area contributed by atoms with Crippen LogP contribution >= 0.6 is 23.4 Å². The summed E-state index contributed by atoms with van der Waals surface area (Å²) >= 11 is 7.67. The van der Waals surface area contributed by atoms with Gasteiger partial charge < -0.3 is 5.73 Å². The van der Waals surface area contributed by atoms with E-state index >= 15 is 0 Å². The molecule has 0 heterocycles. The summed E-state index contributed by atoms with van der Waals surface area (Å²) in [4.78, 5) is 2.45. The van der Waals surface area contributed by atoms with Crippen LogP contribution in [0.15, 0.2) is 58.3 Å². The average molecular weight is 290 g/mol. The second-order valence-corrected chi connectivity index (χ2v) is 6.51. The minimum absolute atomic E-state index is 0.177. The van der Waals surface area contributed by atoms with E-state index in [-0.39, 0.29) is 6.04 Å². The summed E-state index contributed by atoms with van der Waals surface area (Å²) in [6.45, 7) is 0. The number of rotatable bonds is 4. The molecule has 3 heteroatoms.